The molecule has 1 saturated carbocycles. The van der Waals surface area contributed by atoms with Crippen LogP contribution in [0.25, 0.3) is 0 Å². The van der Waals surface area contributed by atoms with Gasteiger partial charge in [-0.05, 0) is 43.7 Å². The second kappa shape index (κ2) is 7.25. The van der Waals surface area contributed by atoms with Crippen LogP contribution in [0.2, 0.25) is 0 Å². The molecule has 1 aromatic carbocycles. The number of rotatable bonds is 6. The number of aryl methyl sites for hydroxylation is 1. The lowest BCUT2D eigenvalue weighted by molar-refractivity contribution is -0.166. The fourth-order valence-electron chi connectivity index (χ4n) is 3.34. The van der Waals surface area contributed by atoms with Gasteiger partial charge in [0.2, 0.25) is 5.91 Å². The number of aromatic nitrogens is 2. The summed E-state index contributed by atoms with van der Waals surface area (Å²) in [5.74, 6) is 0.395. The van der Waals surface area contributed by atoms with Gasteiger partial charge in [0.05, 0.1) is 6.10 Å². The molecule has 1 amide bonds. The summed E-state index contributed by atoms with van der Waals surface area (Å²) in [7, 11) is 0. The number of amides is 1. The van der Waals surface area contributed by atoms with Crippen molar-refractivity contribution in [3.05, 3.63) is 42.2 Å². The number of ether oxygens (including phenoxy) is 2. The highest BCUT2D eigenvalue weighted by Gasteiger charge is 2.62. The smallest absolute Gasteiger partial charge is 0.321 e. The zero-order chi connectivity index (χ0) is 19.7. The molecule has 2 unspecified atom stereocenters. The molecule has 1 aliphatic carbocycles. The maximum Gasteiger partial charge on any atom is 0.321 e. The Balaban J connectivity index is 1.70. The zero-order valence-electron chi connectivity index (χ0n) is 16.2. The molecule has 1 aliphatic rings. The average molecular weight is 370 g/mol. The molecule has 2 atom stereocenters. The van der Waals surface area contributed by atoms with Crippen molar-refractivity contribution in [2.45, 2.75) is 45.8 Å². The molecule has 3 N–H and O–H groups in total. The minimum atomic E-state index is -0.966. The lowest BCUT2D eigenvalue weighted by atomic mass is 9.54. The van der Waals surface area contributed by atoms with Crippen LogP contribution in [0.3, 0.4) is 0 Å². The first-order valence-electron chi connectivity index (χ1n) is 9.05. The number of carbonyl (C=O) groups is 1. The number of nitrogens with two attached hydrogens (primary N) is 1. The SMILES string of the molecule is CCOC1CC(N)(C(=O)Nc2ccc(Oc3ncccn3)cc2C)C1(C)C. The fourth-order valence-corrected chi connectivity index (χ4v) is 3.34. The van der Waals surface area contributed by atoms with Crippen molar-refractivity contribution in [3.8, 4) is 11.8 Å². The summed E-state index contributed by atoms with van der Waals surface area (Å²) in [5, 5.41) is 2.96. The molecule has 1 heterocycles. The maximum absolute atomic E-state index is 12.9. The van der Waals surface area contributed by atoms with E-state index in [1.165, 1.54) is 0 Å². The topological polar surface area (TPSA) is 99.4 Å². The Kier molecular flexibility index (Phi) is 5.17. The van der Waals surface area contributed by atoms with Crippen LogP contribution in [0.5, 0.6) is 11.8 Å². The number of nitrogens with zero attached hydrogens (tertiary/aromatic N) is 2. The molecule has 2 aromatic rings. The van der Waals surface area contributed by atoms with Gasteiger partial charge in [0, 0.05) is 36.5 Å². The summed E-state index contributed by atoms with van der Waals surface area (Å²) < 4.78 is 11.3. The van der Waals surface area contributed by atoms with Crippen LogP contribution in [-0.2, 0) is 9.53 Å². The lowest BCUT2D eigenvalue weighted by Gasteiger charge is -2.57. The number of anilines is 1. The third-order valence-electron chi connectivity index (χ3n) is 5.43. The van der Waals surface area contributed by atoms with E-state index in [0.29, 0.717) is 24.5 Å². The largest absolute Gasteiger partial charge is 0.424 e. The van der Waals surface area contributed by atoms with Gasteiger partial charge in [0.25, 0.3) is 0 Å². The van der Waals surface area contributed by atoms with Crippen LogP contribution >= 0.6 is 0 Å². The third kappa shape index (κ3) is 3.52. The molecule has 7 heteroatoms. The summed E-state index contributed by atoms with van der Waals surface area (Å²) in [6, 6.07) is 7.37. The minimum absolute atomic E-state index is 0.0130. The first-order chi connectivity index (χ1) is 12.8. The van der Waals surface area contributed by atoms with E-state index in [2.05, 4.69) is 15.3 Å². The van der Waals surface area contributed by atoms with Crippen molar-refractivity contribution in [2.75, 3.05) is 11.9 Å². The highest BCUT2D eigenvalue weighted by molar-refractivity contribution is 6.00. The van der Waals surface area contributed by atoms with Crippen LogP contribution in [0, 0.1) is 12.3 Å². The van der Waals surface area contributed by atoms with Gasteiger partial charge in [0.1, 0.15) is 11.3 Å². The predicted molar refractivity (Wildman–Crippen MR) is 103 cm³/mol. The van der Waals surface area contributed by atoms with Gasteiger partial charge < -0.3 is 20.5 Å². The van der Waals surface area contributed by atoms with E-state index in [4.69, 9.17) is 15.2 Å². The summed E-state index contributed by atoms with van der Waals surface area (Å²) >= 11 is 0. The number of hydrogen-bond donors (Lipinski definition) is 2. The van der Waals surface area contributed by atoms with Crippen molar-refractivity contribution >= 4 is 11.6 Å². The van der Waals surface area contributed by atoms with Gasteiger partial charge >= 0.3 is 6.01 Å². The first-order valence-corrected chi connectivity index (χ1v) is 9.05. The van der Waals surface area contributed by atoms with Crippen LogP contribution in [0.4, 0.5) is 5.69 Å². The Hall–Kier alpha value is -2.51. The molecule has 7 nitrogen and oxygen atoms in total. The van der Waals surface area contributed by atoms with Gasteiger partial charge in [-0.3, -0.25) is 4.79 Å². The summed E-state index contributed by atoms with van der Waals surface area (Å²) in [4.78, 5) is 20.9. The van der Waals surface area contributed by atoms with Gasteiger partial charge in [-0.25, -0.2) is 9.97 Å². The number of nitrogens with one attached hydrogen (secondary N) is 1. The first kappa shape index (κ1) is 19.3. The summed E-state index contributed by atoms with van der Waals surface area (Å²) in [6.45, 7) is 8.39. The van der Waals surface area contributed by atoms with E-state index in [0.717, 1.165) is 5.56 Å². The second-order valence-electron chi connectivity index (χ2n) is 7.41. The van der Waals surface area contributed by atoms with Gasteiger partial charge in [-0.15, -0.1) is 0 Å². The Morgan fingerprint density at radius 2 is 2.04 bits per heavy atom. The molecule has 1 fully saturated rings. The molecular weight excluding hydrogens is 344 g/mol. The van der Waals surface area contributed by atoms with Crippen LogP contribution in [-0.4, -0.2) is 34.1 Å². The third-order valence-corrected chi connectivity index (χ3v) is 5.43. The molecule has 0 spiro atoms. The molecule has 0 saturated heterocycles. The Morgan fingerprint density at radius 3 is 2.63 bits per heavy atom. The molecule has 144 valence electrons. The number of hydrogen-bond acceptors (Lipinski definition) is 6. The van der Waals surface area contributed by atoms with Crippen molar-refractivity contribution in [1.82, 2.24) is 9.97 Å². The number of carbonyl (C=O) groups excluding carboxylic acids is 1. The Morgan fingerprint density at radius 1 is 1.33 bits per heavy atom. The van der Waals surface area contributed by atoms with Crippen molar-refractivity contribution in [2.24, 2.45) is 11.1 Å². The fraction of sp³-hybridized carbons (Fsp3) is 0.450. The molecular formula is C20H26N4O3. The Bertz CT molecular complexity index is 825. The van der Waals surface area contributed by atoms with E-state index in [-0.39, 0.29) is 18.0 Å². The lowest BCUT2D eigenvalue weighted by Crippen LogP contribution is -2.74. The second-order valence-corrected chi connectivity index (χ2v) is 7.41. The van der Waals surface area contributed by atoms with E-state index in [1.54, 1.807) is 30.6 Å². The molecule has 27 heavy (non-hydrogen) atoms. The van der Waals surface area contributed by atoms with Crippen LogP contribution in [0.15, 0.2) is 36.7 Å². The Labute approximate surface area is 159 Å². The van der Waals surface area contributed by atoms with E-state index >= 15 is 0 Å². The number of benzene rings is 1. The summed E-state index contributed by atoms with van der Waals surface area (Å²) in [5.41, 5.74) is 6.60. The molecule has 0 radical (unpaired) electrons. The standard InChI is InChI=1S/C20H26N4O3/c1-5-26-16-12-20(21,19(16,3)4)17(25)24-15-8-7-14(11-13(15)2)27-18-22-9-6-10-23-18/h6-11,16H,5,12,21H2,1-4H3,(H,24,25). The maximum atomic E-state index is 12.9. The van der Waals surface area contributed by atoms with Crippen LogP contribution < -0.4 is 15.8 Å². The zero-order valence-corrected chi connectivity index (χ0v) is 16.2. The van der Waals surface area contributed by atoms with Crippen LogP contribution in [0.1, 0.15) is 32.8 Å². The average Bonchev–Trinajstić information content (AvgIpc) is 2.64. The van der Waals surface area contributed by atoms with Gasteiger partial charge in [-0.2, -0.15) is 0 Å². The molecule has 1 aromatic heterocycles. The molecule has 3 rings (SSSR count). The minimum Gasteiger partial charge on any atom is -0.424 e. The van der Waals surface area contributed by atoms with E-state index < -0.39 is 11.0 Å². The van der Waals surface area contributed by atoms with Gasteiger partial charge in [-0.1, -0.05) is 13.8 Å². The van der Waals surface area contributed by atoms with Gasteiger partial charge in [0.15, 0.2) is 0 Å². The highest BCUT2D eigenvalue weighted by atomic mass is 16.5. The monoisotopic (exact) mass is 370 g/mol. The van der Waals surface area contributed by atoms with Crippen molar-refractivity contribution in [3.63, 3.8) is 0 Å². The van der Waals surface area contributed by atoms with Crippen molar-refractivity contribution < 1.29 is 14.3 Å². The molecule has 0 bridgehead atoms. The predicted octanol–water partition coefficient (Wildman–Crippen LogP) is 3.05. The van der Waals surface area contributed by atoms with E-state index in [1.807, 2.05) is 33.8 Å². The van der Waals surface area contributed by atoms with E-state index in [9.17, 15) is 4.79 Å². The van der Waals surface area contributed by atoms with Crippen molar-refractivity contribution in [1.29, 1.82) is 0 Å². The summed E-state index contributed by atoms with van der Waals surface area (Å²) in [6.07, 6.45) is 3.72. The quantitative estimate of drug-likeness (QED) is 0.811. The highest BCUT2D eigenvalue weighted by Crippen LogP contribution is 2.50. The normalized spacial score (nSPS) is 23.4. The molecule has 0 aliphatic heterocycles.